The van der Waals surface area contributed by atoms with Crippen molar-refractivity contribution >= 4 is 21.6 Å². The van der Waals surface area contributed by atoms with Crippen molar-refractivity contribution in [3.63, 3.8) is 0 Å². The molecular formula is C9H16ClNO2S. The van der Waals surface area contributed by atoms with Gasteiger partial charge in [0.25, 0.3) is 0 Å². The van der Waals surface area contributed by atoms with Crippen molar-refractivity contribution < 1.29 is 8.42 Å². The van der Waals surface area contributed by atoms with E-state index in [4.69, 9.17) is 11.6 Å². The summed E-state index contributed by atoms with van der Waals surface area (Å²) in [5, 5.41) is -0.268. The van der Waals surface area contributed by atoms with Crippen molar-refractivity contribution in [3.8, 4) is 0 Å². The normalized spacial score (nSPS) is 34.4. The van der Waals surface area contributed by atoms with Gasteiger partial charge in [0.2, 0.25) is 10.0 Å². The Balaban J connectivity index is 2.15. The maximum absolute atomic E-state index is 11.7. The molecule has 82 valence electrons. The Kier molecular flexibility index (Phi) is 3.05. The molecule has 5 heteroatoms. The molecule has 14 heavy (non-hydrogen) atoms. The van der Waals surface area contributed by atoms with Gasteiger partial charge in [0, 0.05) is 12.6 Å². The minimum Gasteiger partial charge on any atom is -0.211 e. The van der Waals surface area contributed by atoms with Gasteiger partial charge in [-0.1, -0.05) is 12.8 Å². The highest BCUT2D eigenvalue weighted by Gasteiger charge is 2.41. The summed E-state index contributed by atoms with van der Waals surface area (Å²) in [4.78, 5) is 0. The van der Waals surface area contributed by atoms with Crippen LogP contribution in [-0.4, -0.2) is 30.5 Å². The van der Waals surface area contributed by atoms with Gasteiger partial charge in [-0.25, -0.2) is 8.42 Å². The third-order valence-corrected chi connectivity index (χ3v) is 5.73. The van der Waals surface area contributed by atoms with Crippen LogP contribution in [0.25, 0.3) is 0 Å². The van der Waals surface area contributed by atoms with Crippen LogP contribution < -0.4 is 0 Å². The molecule has 0 amide bonds. The first-order valence-corrected chi connectivity index (χ1v) is 7.35. The van der Waals surface area contributed by atoms with E-state index in [1.165, 1.54) is 12.8 Å². The molecule has 2 atom stereocenters. The smallest absolute Gasteiger partial charge is 0.211 e. The number of nitrogens with zero attached hydrogens (tertiary/aromatic N) is 1. The maximum atomic E-state index is 11.7. The summed E-state index contributed by atoms with van der Waals surface area (Å²) in [5.74, 6) is 0.599. The largest absolute Gasteiger partial charge is 0.228 e. The zero-order valence-corrected chi connectivity index (χ0v) is 9.73. The van der Waals surface area contributed by atoms with Crippen LogP contribution in [0.5, 0.6) is 0 Å². The minimum absolute atomic E-state index is 0.257. The third kappa shape index (κ3) is 1.79. The van der Waals surface area contributed by atoms with Crippen LogP contribution in [-0.2, 0) is 10.0 Å². The molecule has 0 spiro atoms. The predicted octanol–water partition coefficient (Wildman–Crippen LogP) is 1.78. The summed E-state index contributed by atoms with van der Waals surface area (Å²) in [6, 6.07) is 0.257. The molecule has 3 nitrogen and oxygen atoms in total. The first-order chi connectivity index (χ1) is 6.65. The lowest BCUT2D eigenvalue weighted by molar-refractivity contribution is 0.261. The highest BCUT2D eigenvalue weighted by molar-refractivity contribution is 7.90. The summed E-state index contributed by atoms with van der Waals surface area (Å²) >= 11 is 5.47. The standard InChI is InChI=1S/C9H16ClNO2S/c10-7-14(12,13)11-6-5-8-3-1-2-4-9(8)11/h8-9H,1-7H2. The number of alkyl halides is 1. The maximum Gasteiger partial charge on any atom is 0.228 e. The van der Waals surface area contributed by atoms with Gasteiger partial charge in [-0.05, 0) is 25.2 Å². The average Bonchev–Trinajstić information content (AvgIpc) is 2.61. The second-order valence-corrected chi connectivity index (χ2v) is 6.74. The van der Waals surface area contributed by atoms with Crippen molar-refractivity contribution in [2.75, 3.05) is 11.8 Å². The zero-order chi connectivity index (χ0) is 10.2. The first-order valence-electron chi connectivity index (χ1n) is 5.20. The van der Waals surface area contributed by atoms with Crippen LogP contribution in [0, 0.1) is 5.92 Å². The van der Waals surface area contributed by atoms with Crippen molar-refractivity contribution in [1.82, 2.24) is 4.31 Å². The second kappa shape index (κ2) is 3.99. The SMILES string of the molecule is O=S(=O)(CCl)N1CCC2CCCCC21. The lowest BCUT2D eigenvalue weighted by Crippen LogP contribution is -2.39. The van der Waals surface area contributed by atoms with Gasteiger partial charge in [-0.3, -0.25) is 0 Å². The molecule has 2 aliphatic rings. The summed E-state index contributed by atoms with van der Waals surface area (Å²) in [6.45, 7) is 0.685. The van der Waals surface area contributed by atoms with Gasteiger partial charge in [-0.2, -0.15) is 4.31 Å². The molecule has 0 aromatic heterocycles. The third-order valence-electron chi connectivity index (χ3n) is 3.45. The monoisotopic (exact) mass is 237 g/mol. The molecule has 0 bridgehead atoms. The first kappa shape index (κ1) is 10.7. The van der Waals surface area contributed by atoms with Crippen molar-refractivity contribution in [2.24, 2.45) is 5.92 Å². The van der Waals surface area contributed by atoms with Crippen molar-refractivity contribution in [1.29, 1.82) is 0 Å². The molecule has 0 aromatic rings. The van der Waals surface area contributed by atoms with Crippen molar-refractivity contribution in [3.05, 3.63) is 0 Å². The van der Waals surface area contributed by atoms with Crippen molar-refractivity contribution in [2.45, 2.75) is 38.1 Å². The summed E-state index contributed by atoms with van der Waals surface area (Å²) in [5.41, 5.74) is 0. The van der Waals surface area contributed by atoms with Crippen LogP contribution in [0.4, 0.5) is 0 Å². The molecule has 1 aliphatic heterocycles. The Hall–Kier alpha value is 0.200. The molecule has 2 fully saturated rings. The number of hydrogen-bond donors (Lipinski definition) is 0. The molecule has 0 aromatic carbocycles. The molecule has 1 aliphatic carbocycles. The lowest BCUT2D eigenvalue weighted by Gasteiger charge is -2.30. The van der Waals surface area contributed by atoms with Gasteiger partial charge >= 0.3 is 0 Å². The molecule has 1 heterocycles. The summed E-state index contributed by atoms with van der Waals surface area (Å²) in [6.07, 6.45) is 5.67. The van der Waals surface area contributed by atoms with E-state index in [9.17, 15) is 8.42 Å². The predicted molar refractivity (Wildman–Crippen MR) is 56.7 cm³/mol. The van der Waals surface area contributed by atoms with Gasteiger partial charge in [0.05, 0.1) is 0 Å². The lowest BCUT2D eigenvalue weighted by atomic mass is 9.86. The van der Waals surface area contributed by atoms with E-state index in [1.807, 2.05) is 0 Å². The van der Waals surface area contributed by atoms with E-state index in [-0.39, 0.29) is 11.3 Å². The van der Waals surface area contributed by atoms with Gasteiger partial charge in [0.1, 0.15) is 5.21 Å². The quantitative estimate of drug-likeness (QED) is 0.687. The Morgan fingerprint density at radius 1 is 1.21 bits per heavy atom. The van der Waals surface area contributed by atoms with Crippen LogP contribution >= 0.6 is 11.6 Å². The van der Waals surface area contributed by atoms with Gasteiger partial charge in [-0.15, -0.1) is 11.6 Å². The minimum atomic E-state index is -3.17. The summed E-state index contributed by atoms with van der Waals surface area (Å²) in [7, 11) is -3.17. The number of rotatable bonds is 2. The van der Waals surface area contributed by atoms with E-state index in [0.29, 0.717) is 12.5 Å². The van der Waals surface area contributed by atoms with E-state index in [2.05, 4.69) is 0 Å². The second-order valence-electron chi connectivity index (χ2n) is 4.23. The highest BCUT2D eigenvalue weighted by atomic mass is 35.5. The van der Waals surface area contributed by atoms with E-state index < -0.39 is 10.0 Å². The average molecular weight is 238 g/mol. The zero-order valence-electron chi connectivity index (χ0n) is 8.15. The fourth-order valence-corrected chi connectivity index (χ4v) is 4.35. The molecule has 0 N–H and O–H groups in total. The van der Waals surface area contributed by atoms with Crippen LogP contribution in [0.3, 0.4) is 0 Å². The van der Waals surface area contributed by atoms with Gasteiger partial charge in [0.15, 0.2) is 0 Å². The van der Waals surface area contributed by atoms with E-state index in [1.54, 1.807) is 4.31 Å². The molecular weight excluding hydrogens is 222 g/mol. The molecule has 1 saturated heterocycles. The van der Waals surface area contributed by atoms with E-state index in [0.717, 1.165) is 19.3 Å². The highest BCUT2D eigenvalue weighted by Crippen LogP contribution is 2.37. The summed E-state index contributed by atoms with van der Waals surface area (Å²) < 4.78 is 24.9. The number of sulfonamides is 1. The fourth-order valence-electron chi connectivity index (χ4n) is 2.77. The Morgan fingerprint density at radius 3 is 2.64 bits per heavy atom. The number of halogens is 1. The Labute approximate surface area is 90.5 Å². The van der Waals surface area contributed by atoms with Gasteiger partial charge < -0.3 is 0 Å². The van der Waals surface area contributed by atoms with Crippen LogP contribution in [0.15, 0.2) is 0 Å². The Bertz CT molecular complexity index is 304. The number of fused-ring (bicyclic) bond motifs is 1. The molecule has 1 saturated carbocycles. The van der Waals surface area contributed by atoms with E-state index >= 15 is 0 Å². The number of hydrogen-bond acceptors (Lipinski definition) is 2. The molecule has 2 rings (SSSR count). The van der Waals surface area contributed by atoms with Crippen LogP contribution in [0.2, 0.25) is 0 Å². The topological polar surface area (TPSA) is 37.4 Å². The fraction of sp³-hybridized carbons (Fsp3) is 1.00. The Morgan fingerprint density at radius 2 is 1.93 bits per heavy atom. The van der Waals surface area contributed by atoms with Crippen LogP contribution in [0.1, 0.15) is 32.1 Å². The molecule has 2 unspecified atom stereocenters. The molecule has 0 radical (unpaired) electrons.